The lowest BCUT2D eigenvalue weighted by Gasteiger charge is -2.13. The second-order valence-corrected chi connectivity index (χ2v) is 5.64. The molecule has 7 heteroatoms. The first-order chi connectivity index (χ1) is 11.9. The molecule has 0 radical (unpaired) electrons. The Hall–Kier alpha value is -2.67. The Labute approximate surface area is 145 Å². The summed E-state index contributed by atoms with van der Waals surface area (Å²) in [5.74, 6) is -0.322. The van der Waals surface area contributed by atoms with Crippen LogP contribution in [0.2, 0.25) is 0 Å². The van der Waals surface area contributed by atoms with Gasteiger partial charge >= 0.3 is 6.61 Å². The maximum absolute atomic E-state index is 12.5. The maximum atomic E-state index is 12.5. The topological polar surface area (TPSA) is 50.8 Å². The molecule has 2 aromatic rings. The number of alkyl halides is 2. The molecule has 2 aromatic carbocycles. The van der Waals surface area contributed by atoms with Gasteiger partial charge in [-0.1, -0.05) is 12.1 Å². The van der Waals surface area contributed by atoms with E-state index in [1.165, 1.54) is 19.2 Å². The molecule has 0 aromatic heterocycles. The monoisotopic (exact) mass is 350 g/mol. The smallest absolute Gasteiger partial charge is 0.387 e. The minimum atomic E-state index is -2.98. The summed E-state index contributed by atoms with van der Waals surface area (Å²) in [6.45, 7) is -2.28. The van der Waals surface area contributed by atoms with Crippen molar-refractivity contribution in [3.8, 4) is 11.5 Å². The van der Waals surface area contributed by atoms with Gasteiger partial charge in [-0.25, -0.2) is 0 Å². The average Bonchev–Trinajstić information content (AvgIpc) is 2.54. The van der Waals surface area contributed by atoms with Crippen molar-refractivity contribution in [2.75, 3.05) is 26.5 Å². The first kappa shape index (κ1) is 18.7. The van der Waals surface area contributed by atoms with Crippen molar-refractivity contribution in [1.82, 2.24) is 4.90 Å². The van der Waals surface area contributed by atoms with Crippen LogP contribution in [0, 0.1) is 0 Å². The van der Waals surface area contributed by atoms with Crippen LogP contribution in [0.1, 0.15) is 15.9 Å². The zero-order valence-electron chi connectivity index (χ0n) is 14.3. The minimum absolute atomic E-state index is 0.142. The van der Waals surface area contributed by atoms with Crippen molar-refractivity contribution in [2.24, 2.45) is 0 Å². The van der Waals surface area contributed by atoms with Crippen LogP contribution >= 0.6 is 0 Å². The van der Waals surface area contributed by atoms with E-state index < -0.39 is 6.61 Å². The molecule has 0 saturated heterocycles. The zero-order valence-corrected chi connectivity index (χ0v) is 14.3. The van der Waals surface area contributed by atoms with Crippen LogP contribution in [0.25, 0.3) is 0 Å². The van der Waals surface area contributed by atoms with Gasteiger partial charge in [-0.05, 0) is 43.9 Å². The van der Waals surface area contributed by atoms with E-state index in [0.29, 0.717) is 17.8 Å². The molecular formula is C18H20F2N2O3. The molecule has 0 aliphatic rings. The molecule has 0 bridgehead atoms. The SMILES string of the molecule is COc1ccc(NC(=O)c2cccc(CN(C)C)c2)cc1OC(F)F. The second kappa shape index (κ2) is 8.43. The van der Waals surface area contributed by atoms with Gasteiger partial charge in [-0.2, -0.15) is 8.78 Å². The molecule has 0 spiro atoms. The molecule has 0 aliphatic heterocycles. The zero-order chi connectivity index (χ0) is 18.4. The van der Waals surface area contributed by atoms with Crippen molar-refractivity contribution in [3.63, 3.8) is 0 Å². The van der Waals surface area contributed by atoms with Gasteiger partial charge in [0, 0.05) is 23.9 Å². The van der Waals surface area contributed by atoms with Crippen molar-refractivity contribution < 1.29 is 23.0 Å². The predicted molar refractivity (Wildman–Crippen MR) is 91.4 cm³/mol. The quantitative estimate of drug-likeness (QED) is 0.829. The van der Waals surface area contributed by atoms with Crippen LogP contribution in [-0.4, -0.2) is 38.6 Å². The second-order valence-electron chi connectivity index (χ2n) is 5.64. The lowest BCUT2D eigenvalue weighted by Crippen LogP contribution is -2.14. The highest BCUT2D eigenvalue weighted by molar-refractivity contribution is 6.04. The Bertz CT molecular complexity index is 736. The van der Waals surface area contributed by atoms with Gasteiger partial charge in [0.15, 0.2) is 11.5 Å². The van der Waals surface area contributed by atoms with E-state index in [1.54, 1.807) is 24.3 Å². The van der Waals surface area contributed by atoms with E-state index in [2.05, 4.69) is 10.1 Å². The number of methoxy groups -OCH3 is 1. The number of rotatable bonds is 7. The number of hydrogen-bond donors (Lipinski definition) is 1. The van der Waals surface area contributed by atoms with E-state index in [4.69, 9.17) is 4.74 Å². The van der Waals surface area contributed by atoms with Gasteiger partial charge in [-0.15, -0.1) is 0 Å². The molecule has 0 unspecified atom stereocenters. The first-order valence-corrected chi connectivity index (χ1v) is 7.57. The average molecular weight is 350 g/mol. The van der Waals surface area contributed by atoms with E-state index in [-0.39, 0.29) is 17.4 Å². The normalized spacial score (nSPS) is 10.8. The van der Waals surface area contributed by atoms with Gasteiger partial charge < -0.3 is 19.7 Å². The Morgan fingerprint density at radius 3 is 2.56 bits per heavy atom. The van der Waals surface area contributed by atoms with E-state index in [1.807, 2.05) is 25.1 Å². The minimum Gasteiger partial charge on any atom is -0.493 e. The fourth-order valence-corrected chi connectivity index (χ4v) is 2.32. The number of amides is 1. The van der Waals surface area contributed by atoms with Gasteiger partial charge in [-0.3, -0.25) is 4.79 Å². The Balaban J connectivity index is 2.17. The highest BCUT2D eigenvalue weighted by Gasteiger charge is 2.13. The number of halogens is 2. The molecule has 0 atom stereocenters. The summed E-state index contributed by atoms with van der Waals surface area (Å²) in [4.78, 5) is 14.4. The number of ether oxygens (including phenoxy) is 2. The van der Waals surface area contributed by atoms with Crippen LogP contribution in [-0.2, 0) is 6.54 Å². The van der Waals surface area contributed by atoms with E-state index >= 15 is 0 Å². The largest absolute Gasteiger partial charge is 0.493 e. The molecule has 2 rings (SSSR count). The highest BCUT2D eigenvalue weighted by atomic mass is 19.3. The van der Waals surface area contributed by atoms with Crippen molar-refractivity contribution in [1.29, 1.82) is 0 Å². The summed E-state index contributed by atoms with van der Waals surface area (Å²) in [7, 11) is 5.23. The molecule has 0 fully saturated rings. The number of carbonyl (C=O) groups is 1. The summed E-state index contributed by atoms with van der Waals surface area (Å²) in [6.07, 6.45) is 0. The van der Waals surface area contributed by atoms with E-state index in [9.17, 15) is 13.6 Å². The predicted octanol–water partition coefficient (Wildman–Crippen LogP) is 3.61. The maximum Gasteiger partial charge on any atom is 0.387 e. The van der Waals surface area contributed by atoms with Gasteiger partial charge in [0.2, 0.25) is 0 Å². The Morgan fingerprint density at radius 1 is 1.16 bits per heavy atom. The lowest BCUT2D eigenvalue weighted by molar-refractivity contribution is -0.0511. The van der Waals surface area contributed by atoms with Gasteiger partial charge in [0.05, 0.1) is 7.11 Å². The number of nitrogens with zero attached hydrogens (tertiary/aromatic N) is 1. The number of hydrogen-bond acceptors (Lipinski definition) is 4. The molecule has 134 valence electrons. The molecule has 25 heavy (non-hydrogen) atoms. The fourth-order valence-electron chi connectivity index (χ4n) is 2.32. The highest BCUT2D eigenvalue weighted by Crippen LogP contribution is 2.31. The van der Waals surface area contributed by atoms with Crippen LogP contribution in [0.15, 0.2) is 42.5 Å². The summed E-state index contributed by atoms with van der Waals surface area (Å²) in [5, 5.41) is 2.67. The standard InChI is InChI=1S/C18H20F2N2O3/c1-22(2)11-12-5-4-6-13(9-12)17(23)21-14-7-8-15(24-3)16(10-14)25-18(19)20/h4-10,18H,11H2,1-3H3,(H,21,23). The fraction of sp³-hybridized carbons (Fsp3) is 0.278. The third-order valence-electron chi connectivity index (χ3n) is 3.33. The van der Waals surface area contributed by atoms with E-state index in [0.717, 1.165) is 5.56 Å². The van der Waals surface area contributed by atoms with Crippen molar-refractivity contribution >= 4 is 11.6 Å². The summed E-state index contributed by atoms with van der Waals surface area (Å²) in [6, 6.07) is 11.5. The molecule has 1 amide bonds. The molecule has 0 aliphatic carbocycles. The molecule has 1 N–H and O–H groups in total. The molecular weight excluding hydrogens is 330 g/mol. The van der Waals surface area contributed by atoms with Gasteiger partial charge in [0.25, 0.3) is 5.91 Å². The van der Waals surface area contributed by atoms with Crippen LogP contribution in [0.4, 0.5) is 14.5 Å². The van der Waals surface area contributed by atoms with Crippen LogP contribution < -0.4 is 14.8 Å². The molecule has 0 saturated carbocycles. The Kier molecular flexibility index (Phi) is 6.30. The van der Waals surface area contributed by atoms with Crippen LogP contribution in [0.5, 0.6) is 11.5 Å². The number of anilines is 1. The third-order valence-corrected chi connectivity index (χ3v) is 3.33. The Morgan fingerprint density at radius 2 is 1.92 bits per heavy atom. The summed E-state index contributed by atoms with van der Waals surface area (Å²) >= 11 is 0. The molecule has 5 nitrogen and oxygen atoms in total. The number of benzene rings is 2. The summed E-state index contributed by atoms with van der Waals surface area (Å²) in [5.41, 5.74) is 1.81. The van der Waals surface area contributed by atoms with Crippen molar-refractivity contribution in [3.05, 3.63) is 53.6 Å². The van der Waals surface area contributed by atoms with Crippen LogP contribution in [0.3, 0.4) is 0 Å². The number of nitrogens with one attached hydrogen (secondary N) is 1. The third kappa shape index (κ3) is 5.42. The lowest BCUT2D eigenvalue weighted by atomic mass is 10.1. The number of carbonyl (C=O) groups excluding carboxylic acids is 1. The molecule has 0 heterocycles. The first-order valence-electron chi connectivity index (χ1n) is 7.57. The summed E-state index contributed by atoms with van der Waals surface area (Å²) < 4.78 is 34.3. The van der Waals surface area contributed by atoms with Crippen molar-refractivity contribution in [2.45, 2.75) is 13.2 Å². The van der Waals surface area contributed by atoms with Gasteiger partial charge in [0.1, 0.15) is 0 Å².